The van der Waals surface area contributed by atoms with Crippen LogP contribution in [0.5, 0.6) is 0 Å². The number of hydrogen-bond donors (Lipinski definition) is 2. The first-order chi connectivity index (χ1) is 13.5. The van der Waals surface area contributed by atoms with Crippen molar-refractivity contribution < 1.29 is 14.4 Å². The van der Waals surface area contributed by atoms with Crippen LogP contribution in [-0.2, 0) is 4.79 Å². The fourth-order valence-electron chi connectivity index (χ4n) is 2.51. The normalized spacial score (nSPS) is 10.3. The Kier molecular flexibility index (Phi) is 6.57. The SMILES string of the molecule is O=C(CCC(=O)c1ccc(Cl)cc1)Nc1cccc(NC(=O)c2cccs2)c1. The Morgan fingerprint density at radius 2 is 1.57 bits per heavy atom. The van der Waals surface area contributed by atoms with Crippen LogP contribution >= 0.6 is 22.9 Å². The number of Topliss-reactive ketones (excluding diaryl/α,β-unsaturated/α-hetero) is 1. The van der Waals surface area contributed by atoms with Gasteiger partial charge in [0.1, 0.15) is 0 Å². The van der Waals surface area contributed by atoms with Crippen molar-refractivity contribution >= 4 is 51.9 Å². The minimum atomic E-state index is -0.274. The van der Waals surface area contributed by atoms with E-state index < -0.39 is 0 Å². The van der Waals surface area contributed by atoms with E-state index in [1.807, 2.05) is 11.4 Å². The van der Waals surface area contributed by atoms with Crippen molar-refractivity contribution in [2.75, 3.05) is 10.6 Å². The number of ketones is 1. The summed E-state index contributed by atoms with van der Waals surface area (Å²) in [7, 11) is 0. The van der Waals surface area contributed by atoms with Gasteiger partial charge in [-0.1, -0.05) is 23.7 Å². The van der Waals surface area contributed by atoms with Gasteiger partial charge in [-0.05, 0) is 53.9 Å². The predicted molar refractivity (Wildman–Crippen MR) is 112 cm³/mol. The molecule has 28 heavy (non-hydrogen) atoms. The minimum absolute atomic E-state index is 0.0627. The Balaban J connectivity index is 1.53. The van der Waals surface area contributed by atoms with Crippen molar-refractivity contribution in [3.63, 3.8) is 0 Å². The number of anilines is 2. The number of carbonyl (C=O) groups is 3. The molecule has 0 aliphatic carbocycles. The molecule has 2 aromatic carbocycles. The van der Waals surface area contributed by atoms with Gasteiger partial charge >= 0.3 is 0 Å². The summed E-state index contributed by atoms with van der Waals surface area (Å²) in [6.45, 7) is 0. The summed E-state index contributed by atoms with van der Waals surface area (Å²) in [4.78, 5) is 37.0. The van der Waals surface area contributed by atoms with Crippen LogP contribution in [0.3, 0.4) is 0 Å². The smallest absolute Gasteiger partial charge is 0.265 e. The van der Waals surface area contributed by atoms with E-state index in [0.29, 0.717) is 26.8 Å². The molecule has 1 aromatic heterocycles. The summed E-state index contributed by atoms with van der Waals surface area (Å²) in [6, 6.07) is 17.0. The number of carbonyl (C=O) groups excluding carboxylic acids is 3. The van der Waals surface area contributed by atoms with Crippen LogP contribution < -0.4 is 10.6 Å². The van der Waals surface area contributed by atoms with Crippen molar-refractivity contribution in [1.29, 1.82) is 0 Å². The molecule has 0 aliphatic rings. The summed E-state index contributed by atoms with van der Waals surface area (Å²) in [6.07, 6.45) is 0.162. The monoisotopic (exact) mass is 412 g/mol. The fraction of sp³-hybridized carbons (Fsp3) is 0.0952. The molecule has 7 heteroatoms. The number of thiophene rings is 1. The van der Waals surface area contributed by atoms with Gasteiger partial charge in [-0.15, -0.1) is 11.3 Å². The molecule has 3 rings (SSSR count). The molecule has 2 N–H and O–H groups in total. The van der Waals surface area contributed by atoms with Crippen molar-refractivity contribution in [2.24, 2.45) is 0 Å². The summed E-state index contributed by atoms with van der Waals surface area (Å²) in [5.74, 6) is -0.597. The van der Waals surface area contributed by atoms with Crippen molar-refractivity contribution in [3.05, 3.63) is 81.5 Å². The Morgan fingerprint density at radius 1 is 0.857 bits per heavy atom. The highest BCUT2D eigenvalue weighted by Crippen LogP contribution is 2.18. The maximum Gasteiger partial charge on any atom is 0.265 e. The average molecular weight is 413 g/mol. The first-order valence-corrected chi connectivity index (χ1v) is 9.80. The first-order valence-electron chi connectivity index (χ1n) is 8.55. The van der Waals surface area contributed by atoms with Crippen LogP contribution in [0.2, 0.25) is 5.02 Å². The van der Waals surface area contributed by atoms with Crippen molar-refractivity contribution in [2.45, 2.75) is 12.8 Å². The Morgan fingerprint density at radius 3 is 2.25 bits per heavy atom. The Labute approximate surface area is 171 Å². The maximum absolute atomic E-state index is 12.2. The van der Waals surface area contributed by atoms with Crippen LogP contribution in [0, 0.1) is 0 Å². The highest BCUT2D eigenvalue weighted by atomic mass is 35.5. The molecule has 0 unspecified atom stereocenters. The largest absolute Gasteiger partial charge is 0.326 e. The zero-order valence-corrected chi connectivity index (χ0v) is 16.3. The van der Waals surface area contributed by atoms with Crippen LogP contribution in [0.25, 0.3) is 0 Å². The third-order valence-corrected chi connectivity index (χ3v) is 5.02. The zero-order chi connectivity index (χ0) is 19.9. The second-order valence-corrected chi connectivity index (χ2v) is 7.37. The van der Waals surface area contributed by atoms with E-state index >= 15 is 0 Å². The van der Waals surface area contributed by atoms with Gasteiger partial charge in [-0.25, -0.2) is 0 Å². The molecule has 0 saturated heterocycles. The van der Waals surface area contributed by atoms with Gasteiger partial charge < -0.3 is 10.6 Å². The summed E-state index contributed by atoms with van der Waals surface area (Å²) in [5, 5.41) is 7.92. The van der Waals surface area contributed by atoms with E-state index in [1.54, 1.807) is 54.6 Å². The van der Waals surface area contributed by atoms with Gasteiger partial charge in [-0.2, -0.15) is 0 Å². The number of nitrogens with one attached hydrogen (secondary N) is 2. The molecule has 0 radical (unpaired) electrons. The molecule has 0 atom stereocenters. The van der Waals surface area contributed by atoms with Gasteiger partial charge in [0.25, 0.3) is 5.91 Å². The minimum Gasteiger partial charge on any atom is -0.326 e. The third kappa shape index (κ3) is 5.52. The van der Waals surface area contributed by atoms with Gasteiger partial charge in [0.05, 0.1) is 4.88 Å². The second kappa shape index (κ2) is 9.30. The number of halogens is 1. The van der Waals surface area contributed by atoms with Gasteiger partial charge in [-0.3, -0.25) is 14.4 Å². The van der Waals surface area contributed by atoms with Crippen molar-refractivity contribution in [1.82, 2.24) is 0 Å². The molecule has 0 bridgehead atoms. The van der Waals surface area contributed by atoms with Crippen molar-refractivity contribution in [3.8, 4) is 0 Å². The van der Waals surface area contributed by atoms with Crippen LogP contribution in [0.4, 0.5) is 11.4 Å². The Bertz CT molecular complexity index is 985. The number of amides is 2. The quantitative estimate of drug-likeness (QED) is 0.520. The molecule has 0 saturated carbocycles. The molecule has 2 amide bonds. The predicted octanol–water partition coefficient (Wildman–Crippen LogP) is 5.26. The lowest BCUT2D eigenvalue weighted by molar-refractivity contribution is -0.116. The number of benzene rings is 2. The fourth-order valence-corrected chi connectivity index (χ4v) is 3.25. The molecule has 0 fully saturated rings. The highest BCUT2D eigenvalue weighted by molar-refractivity contribution is 7.12. The van der Waals surface area contributed by atoms with Crippen LogP contribution in [-0.4, -0.2) is 17.6 Å². The molecule has 0 spiro atoms. The van der Waals surface area contributed by atoms with E-state index in [1.165, 1.54) is 11.3 Å². The molecule has 0 aliphatic heterocycles. The molecule has 3 aromatic rings. The third-order valence-electron chi connectivity index (χ3n) is 3.89. The molecular formula is C21H17ClN2O3S. The first kappa shape index (κ1) is 19.8. The number of hydrogen-bond acceptors (Lipinski definition) is 4. The van der Waals surface area contributed by atoms with Gasteiger partial charge in [0.15, 0.2) is 5.78 Å². The average Bonchev–Trinajstić information content (AvgIpc) is 3.22. The standard InChI is InChI=1S/C21H17ClN2O3S/c22-15-8-6-14(7-9-15)18(25)10-11-20(26)23-16-3-1-4-17(13-16)24-21(27)19-5-2-12-28-19/h1-9,12-13H,10-11H2,(H,23,26)(H,24,27). The van der Waals surface area contributed by atoms with E-state index in [2.05, 4.69) is 10.6 Å². The lowest BCUT2D eigenvalue weighted by Gasteiger charge is -2.08. The summed E-state index contributed by atoms with van der Waals surface area (Å²) >= 11 is 7.16. The second-order valence-electron chi connectivity index (χ2n) is 5.99. The lowest BCUT2D eigenvalue weighted by atomic mass is 10.1. The highest BCUT2D eigenvalue weighted by Gasteiger charge is 2.11. The molecule has 142 valence electrons. The lowest BCUT2D eigenvalue weighted by Crippen LogP contribution is -2.14. The summed E-state index contributed by atoms with van der Waals surface area (Å²) in [5.41, 5.74) is 1.65. The molecular weight excluding hydrogens is 396 g/mol. The van der Waals surface area contributed by atoms with Gasteiger partial charge in [0, 0.05) is 34.8 Å². The maximum atomic E-state index is 12.2. The number of rotatable bonds is 7. The van der Waals surface area contributed by atoms with E-state index in [9.17, 15) is 14.4 Å². The van der Waals surface area contributed by atoms with Gasteiger partial charge in [0.2, 0.25) is 5.91 Å². The van der Waals surface area contributed by atoms with E-state index in [0.717, 1.165) is 0 Å². The Hall–Kier alpha value is -2.96. The van der Waals surface area contributed by atoms with Crippen LogP contribution in [0.15, 0.2) is 66.0 Å². The van der Waals surface area contributed by atoms with E-state index in [-0.39, 0.29) is 30.4 Å². The molecule has 5 nitrogen and oxygen atoms in total. The summed E-state index contributed by atoms with van der Waals surface area (Å²) < 4.78 is 0. The molecule has 1 heterocycles. The van der Waals surface area contributed by atoms with Crippen LogP contribution in [0.1, 0.15) is 32.9 Å². The van der Waals surface area contributed by atoms with E-state index in [4.69, 9.17) is 11.6 Å². The topological polar surface area (TPSA) is 75.3 Å². The zero-order valence-electron chi connectivity index (χ0n) is 14.8.